The third kappa shape index (κ3) is 3.31. The first-order valence-corrected chi connectivity index (χ1v) is 10.3. The van der Waals surface area contributed by atoms with E-state index in [0.717, 1.165) is 17.7 Å². The molecule has 0 aromatic carbocycles. The van der Waals surface area contributed by atoms with E-state index in [4.69, 9.17) is 4.74 Å². The molecule has 0 radical (unpaired) electrons. The molecule has 0 N–H and O–H groups in total. The molecular weight excluding hydrogens is 336 g/mol. The summed E-state index contributed by atoms with van der Waals surface area (Å²) in [4.78, 5) is 15.5. The minimum atomic E-state index is -3.59. The first-order valence-electron chi connectivity index (χ1n) is 8.01. The van der Waals surface area contributed by atoms with E-state index in [2.05, 4.69) is 0 Å². The number of amides is 1. The van der Waals surface area contributed by atoms with Crippen LogP contribution in [-0.4, -0.2) is 62.4 Å². The highest BCUT2D eigenvalue weighted by Crippen LogP contribution is 2.31. The summed E-state index contributed by atoms with van der Waals surface area (Å²) in [6.45, 7) is 4.56. The van der Waals surface area contributed by atoms with Crippen molar-refractivity contribution in [2.75, 3.05) is 32.8 Å². The lowest BCUT2D eigenvalue weighted by Crippen LogP contribution is -2.50. The minimum absolute atomic E-state index is 0.0818. The summed E-state index contributed by atoms with van der Waals surface area (Å²) in [5.41, 5.74) is 0. The molecule has 23 heavy (non-hydrogen) atoms. The second-order valence-electron chi connectivity index (χ2n) is 5.79. The highest BCUT2D eigenvalue weighted by molar-refractivity contribution is 7.91. The molecule has 6 nitrogen and oxygen atoms in total. The quantitative estimate of drug-likeness (QED) is 0.814. The van der Waals surface area contributed by atoms with Crippen LogP contribution in [0.4, 0.5) is 0 Å². The molecule has 1 atom stereocenters. The Balaban J connectivity index is 1.81. The fraction of sp³-hybridized carbons (Fsp3) is 0.667. The molecule has 2 aliphatic rings. The normalized spacial score (nSPS) is 23.3. The van der Waals surface area contributed by atoms with Crippen molar-refractivity contribution in [3.63, 3.8) is 0 Å². The van der Waals surface area contributed by atoms with Crippen molar-refractivity contribution in [2.45, 2.75) is 36.4 Å². The fourth-order valence-corrected chi connectivity index (χ4v) is 6.15. The second-order valence-corrected chi connectivity index (χ2v) is 9.07. The number of thiophene rings is 1. The molecular formula is C15H22N2O4S2. The molecule has 2 saturated heterocycles. The molecule has 2 fully saturated rings. The number of hydrogen-bond donors (Lipinski definition) is 0. The molecule has 1 amide bonds. The SMILES string of the molecule is CCc1ccc(S(=O)(=O)N2CCC[C@H]2C(=O)N2CCOCC2)s1. The molecule has 1 aromatic rings. The lowest BCUT2D eigenvalue weighted by Gasteiger charge is -2.32. The maximum atomic E-state index is 12.9. The third-order valence-electron chi connectivity index (χ3n) is 4.36. The monoisotopic (exact) mass is 358 g/mol. The van der Waals surface area contributed by atoms with Crippen molar-refractivity contribution < 1.29 is 17.9 Å². The summed E-state index contributed by atoms with van der Waals surface area (Å²) < 4.78 is 32.8. The van der Waals surface area contributed by atoms with Gasteiger partial charge >= 0.3 is 0 Å². The highest BCUT2D eigenvalue weighted by Gasteiger charge is 2.41. The van der Waals surface area contributed by atoms with Gasteiger partial charge in [0, 0.05) is 24.5 Å². The molecule has 0 saturated carbocycles. The number of aryl methyl sites for hydroxylation is 1. The summed E-state index contributed by atoms with van der Waals surface area (Å²) in [7, 11) is -3.59. The van der Waals surface area contributed by atoms with Crippen molar-refractivity contribution >= 4 is 27.3 Å². The second kappa shape index (κ2) is 6.88. The van der Waals surface area contributed by atoms with Gasteiger partial charge in [-0.15, -0.1) is 11.3 Å². The number of morpholine rings is 1. The van der Waals surface area contributed by atoms with Crippen molar-refractivity contribution in [1.82, 2.24) is 9.21 Å². The zero-order chi connectivity index (χ0) is 16.4. The Kier molecular flexibility index (Phi) is 5.05. The van der Waals surface area contributed by atoms with Crippen LogP contribution >= 0.6 is 11.3 Å². The van der Waals surface area contributed by atoms with E-state index in [-0.39, 0.29) is 5.91 Å². The molecule has 0 bridgehead atoms. The summed E-state index contributed by atoms with van der Waals surface area (Å²) in [6.07, 6.45) is 2.14. The number of carbonyl (C=O) groups is 1. The Morgan fingerprint density at radius 3 is 2.70 bits per heavy atom. The van der Waals surface area contributed by atoms with Crippen LogP contribution < -0.4 is 0 Å². The van der Waals surface area contributed by atoms with Gasteiger partial charge in [0.2, 0.25) is 5.91 Å². The van der Waals surface area contributed by atoms with Crippen LogP contribution in [0.3, 0.4) is 0 Å². The summed E-state index contributed by atoms with van der Waals surface area (Å²) >= 11 is 1.30. The van der Waals surface area contributed by atoms with Crippen molar-refractivity contribution in [3.05, 3.63) is 17.0 Å². The van der Waals surface area contributed by atoms with E-state index in [0.29, 0.717) is 43.5 Å². The molecule has 3 heterocycles. The third-order valence-corrected chi connectivity index (χ3v) is 7.97. The number of hydrogen-bond acceptors (Lipinski definition) is 5. The number of ether oxygens (including phenoxy) is 1. The van der Waals surface area contributed by atoms with Crippen LogP contribution in [0.15, 0.2) is 16.3 Å². The number of rotatable bonds is 4. The predicted octanol–water partition coefficient (Wildman–Crippen LogP) is 1.32. The van der Waals surface area contributed by atoms with Gasteiger partial charge in [-0.1, -0.05) is 6.92 Å². The summed E-state index contributed by atoms with van der Waals surface area (Å²) in [5, 5.41) is 0. The fourth-order valence-electron chi connectivity index (χ4n) is 3.07. The van der Waals surface area contributed by atoms with Gasteiger partial charge in [0.25, 0.3) is 10.0 Å². The van der Waals surface area contributed by atoms with Gasteiger partial charge < -0.3 is 9.64 Å². The molecule has 128 valence electrons. The Bertz CT molecular complexity index is 665. The molecule has 1 aromatic heterocycles. The van der Waals surface area contributed by atoms with Gasteiger partial charge in [-0.3, -0.25) is 4.79 Å². The molecule has 2 aliphatic heterocycles. The average molecular weight is 358 g/mol. The zero-order valence-electron chi connectivity index (χ0n) is 13.2. The molecule has 0 aliphatic carbocycles. The molecule has 8 heteroatoms. The Labute approximate surface area is 141 Å². The van der Waals surface area contributed by atoms with Gasteiger partial charge in [-0.25, -0.2) is 8.42 Å². The van der Waals surface area contributed by atoms with Crippen LogP contribution in [0.1, 0.15) is 24.6 Å². The van der Waals surface area contributed by atoms with Crippen LogP contribution in [0.25, 0.3) is 0 Å². The van der Waals surface area contributed by atoms with E-state index < -0.39 is 16.1 Å². The predicted molar refractivity (Wildman–Crippen MR) is 88.0 cm³/mol. The van der Waals surface area contributed by atoms with Crippen molar-refractivity contribution in [1.29, 1.82) is 0 Å². The lowest BCUT2D eigenvalue weighted by molar-refractivity contribution is -0.138. The zero-order valence-corrected chi connectivity index (χ0v) is 14.9. The minimum Gasteiger partial charge on any atom is -0.378 e. The maximum absolute atomic E-state index is 12.9. The van der Waals surface area contributed by atoms with Gasteiger partial charge in [0.1, 0.15) is 10.3 Å². The van der Waals surface area contributed by atoms with Crippen LogP contribution in [0, 0.1) is 0 Å². The first kappa shape index (κ1) is 16.9. The standard InChI is InChI=1S/C15H22N2O4S2/c1-2-12-5-6-14(22-12)23(19,20)17-7-3-4-13(17)15(18)16-8-10-21-11-9-16/h5-6,13H,2-4,7-11H2,1H3/t13-/m0/s1. The average Bonchev–Trinajstić information content (AvgIpc) is 3.24. The number of nitrogens with zero attached hydrogens (tertiary/aromatic N) is 2. The smallest absolute Gasteiger partial charge is 0.253 e. The Morgan fingerprint density at radius 1 is 1.30 bits per heavy atom. The van der Waals surface area contributed by atoms with Crippen LogP contribution in [0.2, 0.25) is 0 Å². The lowest BCUT2D eigenvalue weighted by atomic mass is 10.2. The van der Waals surface area contributed by atoms with Crippen molar-refractivity contribution in [2.24, 2.45) is 0 Å². The van der Waals surface area contributed by atoms with E-state index in [1.165, 1.54) is 15.6 Å². The summed E-state index contributed by atoms with van der Waals surface area (Å²) in [5.74, 6) is -0.0818. The number of sulfonamides is 1. The molecule has 0 spiro atoms. The van der Waals surface area contributed by atoms with Crippen molar-refractivity contribution in [3.8, 4) is 0 Å². The van der Waals surface area contributed by atoms with E-state index in [1.807, 2.05) is 13.0 Å². The number of carbonyl (C=O) groups excluding carboxylic acids is 1. The summed E-state index contributed by atoms with van der Waals surface area (Å²) in [6, 6.07) is 2.95. The van der Waals surface area contributed by atoms with Crippen LogP contribution in [0.5, 0.6) is 0 Å². The first-order chi connectivity index (χ1) is 11.0. The molecule has 3 rings (SSSR count). The Morgan fingerprint density at radius 2 is 2.04 bits per heavy atom. The van der Waals surface area contributed by atoms with Crippen LogP contribution in [-0.2, 0) is 26.0 Å². The molecule has 0 unspecified atom stereocenters. The Hall–Kier alpha value is -0.960. The van der Waals surface area contributed by atoms with E-state index in [9.17, 15) is 13.2 Å². The van der Waals surface area contributed by atoms with Gasteiger partial charge in [-0.2, -0.15) is 4.31 Å². The van der Waals surface area contributed by atoms with Gasteiger partial charge in [0.15, 0.2) is 0 Å². The highest BCUT2D eigenvalue weighted by atomic mass is 32.2. The van der Waals surface area contributed by atoms with Gasteiger partial charge in [0.05, 0.1) is 13.2 Å². The van der Waals surface area contributed by atoms with E-state index in [1.54, 1.807) is 11.0 Å². The largest absolute Gasteiger partial charge is 0.378 e. The maximum Gasteiger partial charge on any atom is 0.253 e. The topological polar surface area (TPSA) is 66.9 Å². The van der Waals surface area contributed by atoms with Gasteiger partial charge in [-0.05, 0) is 31.4 Å². The van der Waals surface area contributed by atoms with E-state index >= 15 is 0 Å².